The van der Waals surface area contributed by atoms with Gasteiger partial charge in [-0.15, -0.1) is 0 Å². The largest absolute Gasteiger partial charge is 0.454 e. The van der Waals surface area contributed by atoms with Crippen molar-refractivity contribution >= 4 is 40.1 Å². The van der Waals surface area contributed by atoms with Crippen LogP contribution in [-0.4, -0.2) is 40.5 Å². The van der Waals surface area contributed by atoms with Crippen molar-refractivity contribution in [2.24, 2.45) is 0 Å². The highest BCUT2D eigenvalue weighted by atomic mass is 16.5. The molecule has 0 aliphatic carbocycles. The number of hydrogen-bond acceptors (Lipinski definition) is 6. The third-order valence-electron chi connectivity index (χ3n) is 4.46. The highest BCUT2D eigenvalue weighted by molar-refractivity contribution is 6.10. The molecule has 0 saturated heterocycles. The van der Waals surface area contributed by atoms with Gasteiger partial charge in [0.15, 0.2) is 6.61 Å². The van der Waals surface area contributed by atoms with Gasteiger partial charge in [0.1, 0.15) is 13.1 Å². The average molecular weight is 392 g/mol. The number of amides is 2. The van der Waals surface area contributed by atoms with E-state index in [1.165, 1.54) is 11.2 Å². The summed E-state index contributed by atoms with van der Waals surface area (Å²) in [7, 11) is 0. The fourth-order valence-electron chi connectivity index (χ4n) is 3.08. The molecule has 0 spiro atoms. The van der Waals surface area contributed by atoms with Crippen molar-refractivity contribution in [3.8, 4) is 0 Å². The molecule has 1 aliphatic rings. The van der Waals surface area contributed by atoms with Gasteiger partial charge in [-0.1, -0.05) is 24.3 Å². The summed E-state index contributed by atoms with van der Waals surface area (Å²) < 4.78 is 6.15. The van der Waals surface area contributed by atoms with E-state index in [9.17, 15) is 19.2 Å². The van der Waals surface area contributed by atoms with Crippen LogP contribution in [0.4, 0.5) is 11.4 Å². The highest BCUT2D eigenvalue weighted by Crippen LogP contribution is 2.28. The highest BCUT2D eigenvalue weighted by Gasteiger charge is 2.27. The molecule has 0 saturated carbocycles. The summed E-state index contributed by atoms with van der Waals surface area (Å²) >= 11 is 0. The minimum Gasteiger partial charge on any atom is -0.454 e. The lowest BCUT2D eigenvalue weighted by molar-refractivity contribution is -0.148. The molecule has 146 valence electrons. The number of carbonyl (C=O) groups excluding carboxylic acids is 3. The molecule has 2 heterocycles. The Labute approximate surface area is 164 Å². The maximum Gasteiger partial charge on any atom is 0.326 e. The normalized spacial score (nSPS) is 13.0. The van der Waals surface area contributed by atoms with Gasteiger partial charge in [-0.3, -0.25) is 28.6 Å². The quantitative estimate of drug-likeness (QED) is 0.661. The molecule has 4 rings (SSSR count). The number of para-hydroxylation sites is 3. The van der Waals surface area contributed by atoms with Crippen LogP contribution in [-0.2, 0) is 25.7 Å². The van der Waals surface area contributed by atoms with Crippen molar-refractivity contribution in [3.05, 3.63) is 65.2 Å². The second-order valence-corrected chi connectivity index (χ2v) is 6.40. The van der Waals surface area contributed by atoms with E-state index in [2.05, 4.69) is 10.3 Å². The number of rotatable bonds is 4. The van der Waals surface area contributed by atoms with Crippen LogP contribution in [0.1, 0.15) is 0 Å². The smallest absolute Gasteiger partial charge is 0.326 e. The molecule has 2 aromatic carbocycles. The second-order valence-electron chi connectivity index (χ2n) is 6.40. The number of benzene rings is 2. The summed E-state index contributed by atoms with van der Waals surface area (Å²) in [5.74, 6) is -1.63. The molecular weight excluding hydrogens is 376 g/mol. The zero-order valence-corrected chi connectivity index (χ0v) is 15.2. The fraction of sp³-hybridized carbons (Fsp3) is 0.150. The van der Waals surface area contributed by atoms with Gasteiger partial charge in [0.25, 0.3) is 11.5 Å². The summed E-state index contributed by atoms with van der Waals surface area (Å²) in [5, 5.41) is 3.06. The predicted octanol–water partition coefficient (Wildman–Crippen LogP) is 0.925. The Bertz CT molecular complexity index is 1190. The molecule has 2 amide bonds. The van der Waals surface area contributed by atoms with Crippen molar-refractivity contribution in [2.45, 2.75) is 6.54 Å². The maximum absolute atomic E-state index is 12.5. The predicted molar refractivity (Wildman–Crippen MR) is 104 cm³/mol. The number of nitrogens with zero attached hydrogens (tertiary/aromatic N) is 3. The van der Waals surface area contributed by atoms with Crippen LogP contribution in [0.2, 0.25) is 0 Å². The molecule has 0 unspecified atom stereocenters. The van der Waals surface area contributed by atoms with Gasteiger partial charge < -0.3 is 10.1 Å². The van der Waals surface area contributed by atoms with Crippen molar-refractivity contribution in [2.75, 3.05) is 23.4 Å². The van der Waals surface area contributed by atoms with E-state index in [1.807, 2.05) is 0 Å². The molecule has 1 aromatic heterocycles. The molecule has 0 fully saturated rings. The third kappa shape index (κ3) is 3.70. The minimum atomic E-state index is -0.757. The Morgan fingerprint density at radius 1 is 1.07 bits per heavy atom. The number of anilines is 2. The van der Waals surface area contributed by atoms with Crippen LogP contribution in [0.3, 0.4) is 0 Å². The van der Waals surface area contributed by atoms with Gasteiger partial charge in [0.05, 0.1) is 28.6 Å². The van der Waals surface area contributed by atoms with Crippen LogP contribution in [0.5, 0.6) is 0 Å². The minimum absolute atomic E-state index is 0.165. The Kier molecular flexibility index (Phi) is 4.78. The van der Waals surface area contributed by atoms with Crippen LogP contribution < -0.4 is 15.8 Å². The van der Waals surface area contributed by atoms with Crippen LogP contribution in [0, 0.1) is 0 Å². The molecule has 0 bridgehead atoms. The first kappa shape index (κ1) is 18.4. The van der Waals surface area contributed by atoms with E-state index < -0.39 is 18.5 Å². The molecule has 29 heavy (non-hydrogen) atoms. The van der Waals surface area contributed by atoms with E-state index in [1.54, 1.807) is 48.5 Å². The first-order valence-corrected chi connectivity index (χ1v) is 8.82. The number of esters is 1. The van der Waals surface area contributed by atoms with E-state index in [-0.39, 0.29) is 24.6 Å². The van der Waals surface area contributed by atoms with Gasteiger partial charge in [0.2, 0.25) is 5.91 Å². The lowest BCUT2D eigenvalue weighted by Gasteiger charge is -2.28. The second kappa shape index (κ2) is 7.55. The number of nitrogens with one attached hydrogen (secondary N) is 1. The van der Waals surface area contributed by atoms with Gasteiger partial charge in [-0.05, 0) is 24.3 Å². The summed E-state index contributed by atoms with van der Waals surface area (Å²) in [4.78, 5) is 54.2. The first-order chi connectivity index (χ1) is 14.0. The molecule has 1 aliphatic heterocycles. The average Bonchev–Trinajstić information content (AvgIpc) is 2.73. The Morgan fingerprint density at radius 2 is 1.83 bits per heavy atom. The molecule has 9 heteroatoms. The van der Waals surface area contributed by atoms with Gasteiger partial charge >= 0.3 is 5.97 Å². The number of carbonyl (C=O) groups is 3. The van der Waals surface area contributed by atoms with Crippen molar-refractivity contribution in [1.29, 1.82) is 0 Å². The summed E-state index contributed by atoms with van der Waals surface area (Å²) in [6, 6.07) is 13.6. The maximum atomic E-state index is 12.5. The fourth-order valence-corrected chi connectivity index (χ4v) is 3.08. The standard InChI is InChI=1S/C20H16N4O5/c25-17-9-24(16-8-4-3-7-15(16)22-17)18(26)11-29-19(27)10-23-12-21-14-6-2-1-5-13(14)20(23)28/h1-8,12H,9-11H2,(H,22,25). The molecule has 3 aromatic rings. The molecule has 1 N–H and O–H groups in total. The zero-order chi connectivity index (χ0) is 20.4. The van der Waals surface area contributed by atoms with E-state index in [0.29, 0.717) is 22.3 Å². The molecule has 0 atom stereocenters. The summed E-state index contributed by atoms with van der Waals surface area (Å²) in [6.07, 6.45) is 1.26. The number of hydrogen-bond donors (Lipinski definition) is 1. The van der Waals surface area contributed by atoms with Gasteiger partial charge in [0, 0.05) is 0 Å². The van der Waals surface area contributed by atoms with Crippen LogP contribution in [0.15, 0.2) is 59.7 Å². The Hall–Kier alpha value is -4.01. The number of fused-ring (bicyclic) bond motifs is 2. The number of aromatic nitrogens is 2. The van der Waals surface area contributed by atoms with Crippen molar-refractivity contribution < 1.29 is 19.1 Å². The van der Waals surface area contributed by atoms with Gasteiger partial charge in [-0.25, -0.2) is 4.98 Å². The van der Waals surface area contributed by atoms with Gasteiger partial charge in [-0.2, -0.15) is 0 Å². The molecule has 0 radical (unpaired) electrons. The van der Waals surface area contributed by atoms with Crippen molar-refractivity contribution in [3.63, 3.8) is 0 Å². The lowest BCUT2D eigenvalue weighted by Crippen LogP contribution is -2.44. The van der Waals surface area contributed by atoms with E-state index in [0.717, 1.165) is 4.57 Å². The Morgan fingerprint density at radius 3 is 2.69 bits per heavy atom. The lowest BCUT2D eigenvalue weighted by atomic mass is 10.2. The summed E-state index contributed by atoms with van der Waals surface area (Å²) in [5.41, 5.74) is 1.19. The third-order valence-corrected chi connectivity index (χ3v) is 4.46. The van der Waals surface area contributed by atoms with Crippen molar-refractivity contribution in [1.82, 2.24) is 9.55 Å². The SMILES string of the molecule is O=C1CN(C(=O)COC(=O)Cn2cnc3ccccc3c2=O)c2ccccc2N1. The monoisotopic (exact) mass is 392 g/mol. The zero-order valence-electron chi connectivity index (χ0n) is 15.2. The van der Waals surface area contributed by atoms with E-state index in [4.69, 9.17) is 4.74 Å². The molecular formula is C20H16N4O5. The topological polar surface area (TPSA) is 111 Å². The van der Waals surface area contributed by atoms with Crippen LogP contribution >= 0.6 is 0 Å². The number of ether oxygens (including phenoxy) is 1. The first-order valence-electron chi connectivity index (χ1n) is 8.82. The van der Waals surface area contributed by atoms with E-state index >= 15 is 0 Å². The molecule has 9 nitrogen and oxygen atoms in total. The van der Waals surface area contributed by atoms with Crippen LogP contribution in [0.25, 0.3) is 10.9 Å². The Balaban J connectivity index is 1.43. The summed E-state index contributed by atoms with van der Waals surface area (Å²) in [6.45, 7) is -1.08.